The normalized spacial score (nSPS) is 17.1. The Balaban J connectivity index is 1.76. The molecule has 0 saturated carbocycles. The van der Waals surface area contributed by atoms with Gasteiger partial charge in [0.25, 0.3) is 0 Å². The van der Waals surface area contributed by atoms with Gasteiger partial charge in [0, 0.05) is 40.9 Å². The van der Waals surface area contributed by atoms with Crippen LogP contribution in [-0.4, -0.2) is 35.0 Å². The van der Waals surface area contributed by atoms with E-state index in [9.17, 15) is 4.79 Å². The number of amides is 1. The Bertz CT molecular complexity index is 1070. The number of carbonyl (C=O) groups is 1. The van der Waals surface area contributed by atoms with Crippen LogP contribution in [0.15, 0.2) is 36.5 Å². The topological polar surface area (TPSA) is 69.8 Å². The van der Waals surface area contributed by atoms with E-state index in [0.29, 0.717) is 5.92 Å². The molecule has 3 aromatic rings. The number of aromatic nitrogens is 2. The number of carbonyl (C=O) groups excluding carboxylic acids is 1. The van der Waals surface area contributed by atoms with Crippen molar-refractivity contribution in [3.8, 4) is 11.3 Å². The maximum Gasteiger partial charge on any atom is 0.230 e. The third-order valence-corrected chi connectivity index (χ3v) is 6.29. The second-order valence-electron chi connectivity index (χ2n) is 9.30. The Kier molecular flexibility index (Phi) is 5.41. The van der Waals surface area contributed by atoms with Crippen LogP contribution in [-0.2, 0) is 10.2 Å². The average molecular weight is 405 g/mol. The van der Waals surface area contributed by atoms with Crippen LogP contribution in [0.25, 0.3) is 22.2 Å². The third-order valence-electron chi connectivity index (χ3n) is 6.29. The van der Waals surface area contributed by atoms with Crippen LogP contribution in [0.2, 0.25) is 0 Å². The quantitative estimate of drug-likeness (QED) is 0.590. The van der Waals surface area contributed by atoms with Crippen molar-refractivity contribution in [2.24, 2.45) is 0 Å². The number of hydrogen-bond acceptors (Lipinski definition) is 3. The standard InChI is InChI=1S/C25H32N4O/c1-15(2)22-20-13-18(25(4,5)24(30)28-19-9-10-26-14-19)6-7-21(20)29-23(22)17-8-11-27-16(3)12-17/h6-8,11-13,15,19,26,29H,9-10,14H2,1-5H3,(H,28,30)/t19-/m0/s1. The lowest BCUT2D eigenvalue weighted by Crippen LogP contribution is -2.45. The zero-order valence-corrected chi connectivity index (χ0v) is 18.6. The van der Waals surface area contributed by atoms with Crippen LogP contribution in [0, 0.1) is 6.92 Å². The highest BCUT2D eigenvalue weighted by atomic mass is 16.2. The molecule has 3 heterocycles. The van der Waals surface area contributed by atoms with Crippen molar-refractivity contribution in [1.29, 1.82) is 0 Å². The summed E-state index contributed by atoms with van der Waals surface area (Å²) in [6.07, 6.45) is 2.85. The number of benzene rings is 1. The zero-order chi connectivity index (χ0) is 21.5. The van der Waals surface area contributed by atoms with E-state index in [1.807, 2.05) is 27.0 Å². The first kappa shape index (κ1) is 20.6. The molecule has 1 atom stereocenters. The van der Waals surface area contributed by atoms with Crippen molar-refractivity contribution in [2.45, 2.75) is 58.4 Å². The van der Waals surface area contributed by atoms with E-state index in [0.717, 1.165) is 47.5 Å². The summed E-state index contributed by atoms with van der Waals surface area (Å²) >= 11 is 0. The van der Waals surface area contributed by atoms with E-state index in [-0.39, 0.29) is 11.9 Å². The lowest BCUT2D eigenvalue weighted by atomic mass is 9.82. The van der Waals surface area contributed by atoms with Gasteiger partial charge in [0.05, 0.1) is 11.1 Å². The smallest absolute Gasteiger partial charge is 0.230 e. The number of pyridine rings is 1. The van der Waals surface area contributed by atoms with Gasteiger partial charge in [-0.15, -0.1) is 0 Å². The minimum Gasteiger partial charge on any atom is -0.354 e. The highest BCUT2D eigenvalue weighted by Gasteiger charge is 2.32. The van der Waals surface area contributed by atoms with E-state index in [1.54, 1.807) is 0 Å². The molecule has 158 valence electrons. The molecule has 5 nitrogen and oxygen atoms in total. The van der Waals surface area contributed by atoms with E-state index in [4.69, 9.17) is 0 Å². The molecule has 0 spiro atoms. The number of hydrogen-bond donors (Lipinski definition) is 3. The van der Waals surface area contributed by atoms with Crippen molar-refractivity contribution in [3.63, 3.8) is 0 Å². The molecule has 3 N–H and O–H groups in total. The van der Waals surface area contributed by atoms with Gasteiger partial charge in [0.1, 0.15) is 0 Å². The summed E-state index contributed by atoms with van der Waals surface area (Å²) in [6.45, 7) is 12.3. The van der Waals surface area contributed by atoms with Gasteiger partial charge < -0.3 is 15.6 Å². The van der Waals surface area contributed by atoms with Crippen molar-refractivity contribution < 1.29 is 4.79 Å². The number of fused-ring (bicyclic) bond motifs is 1. The second kappa shape index (κ2) is 7.88. The second-order valence-corrected chi connectivity index (χ2v) is 9.30. The number of H-pyrrole nitrogens is 1. The summed E-state index contributed by atoms with van der Waals surface area (Å²) in [6, 6.07) is 10.8. The van der Waals surface area contributed by atoms with E-state index in [1.165, 1.54) is 10.9 Å². The van der Waals surface area contributed by atoms with Gasteiger partial charge in [0.2, 0.25) is 5.91 Å². The SMILES string of the molecule is Cc1cc(-c2[nH]c3ccc(C(C)(C)C(=O)N[C@H]4CCNC4)cc3c2C(C)C)ccn1. The summed E-state index contributed by atoms with van der Waals surface area (Å²) < 4.78 is 0. The van der Waals surface area contributed by atoms with E-state index >= 15 is 0 Å². The van der Waals surface area contributed by atoms with E-state index in [2.05, 4.69) is 64.8 Å². The molecule has 1 aliphatic heterocycles. The Labute approximate surface area is 178 Å². The monoisotopic (exact) mass is 404 g/mol. The molecule has 1 saturated heterocycles. The number of nitrogens with zero attached hydrogens (tertiary/aromatic N) is 1. The summed E-state index contributed by atoms with van der Waals surface area (Å²) in [5.74, 6) is 0.432. The van der Waals surface area contributed by atoms with Crippen LogP contribution < -0.4 is 10.6 Å². The number of rotatable bonds is 5. The molecule has 1 amide bonds. The summed E-state index contributed by atoms with van der Waals surface area (Å²) in [4.78, 5) is 21.0. The predicted molar refractivity (Wildman–Crippen MR) is 123 cm³/mol. The minimum absolute atomic E-state index is 0.0853. The van der Waals surface area contributed by atoms with Gasteiger partial charge in [-0.05, 0) is 75.0 Å². The summed E-state index contributed by atoms with van der Waals surface area (Å²) in [5, 5.41) is 7.73. The fraction of sp³-hybridized carbons (Fsp3) is 0.440. The maximum absolute atomic E-state index is 13.1. The summed E-state index contributed by atoms with van der Waals surface area (Å²) in [5.41, 5.74) is 6.11. The van der Waals surface area contributed by atoms with Gasteiger partial charge in [-0.1, -0.05) is 19.9 Å². The lowest BCUT2D eigenvalue weighted by molar-refractivity contribution is -0.126. The highest BCUT2D eigenvalue weighted by Crippen LogP contribution is 2.37. The van der Waals surface area contributed by atoms with Gasteiger partial charge in [-0.25, -0.2) is 0 Å². The van der Waals surface area contributed by atoms with Crippen LogP contribution >= 0.6 is 0 Å². The van der Waals surface area contributed by atoms with Gasteiger partial charge in [-0.2, -0.15) is 0 Å². The minimum atomic E-state index is -0.601. The van der Waals surface area contributed by atoms with Crippen LogP contribution in [0.1, 0.15) is 56.9 Å². The Morgan fingerprint density at radius 1 is 1.23 bits per heavy atom. The predicted octanol–water partition coefficient (Wildman–Crippen LogP) is 4.42. The average Bonchev–Trinajstić information content (AvgIpc) is 3.34. The van der Waals surface area contributed by atoms with Gasteiger partial charge in [-0.3, -0.25) is 9.78 Å². The molecule has 0 bridgehead atoms. The molecule has 0 aliphatic carbocycles. The molecular formula is C25H32N4O. The number of aromatic amines is 1. The Morgan fingerprint density at radius 3 is 2.70 bits per heavy atom. The highest BCUT2D eigenvalue weighted by molar-refractivity contribution is 5.94. The molecule has 1 aliphatic rings. The van der Waals surface area contributed by atoms with Crippen LogP contribution in [0.4, 0.5) is 0 Å². The molecule has 0 radical (unpaired) electrons. The Morgan fingerprint density at radius 2 is 2.03 bits per heavy atom. The van der Waals surface area contributed by atoms with Gasteiger partial charge in [0.15, 0.2) is 0 Å². The van der Waals surface area contributed by atoms with Crippen molar-refractivity contribution in [3.05, 3.63) is 53.3 Å². The van der Waals surface area contributed by atoms with Crippen LogP contribution in [0.5, 0.6) is 0 Å². The molecule has 2 aromatic heterocycles. The molecule has 4 rings (SSSR count). The molecule has 30 heavy (non-hydrogen) atoms. The molecule has 0 unspecified atom stereocenters. The maximum atomic E-state index is 13.1. The largest absolute Gasteiger partial charge is 0.354 e. The number of aryl methyl sites for hydroxylation is 1. The first-order valence-corrected chi connectivity index (χ1v) is 10.9. The Hall–Kier alpha value is -2.66. The zero-order valence-electron chi connectivity index (χ0n) is 18.6. The van der Waals surface area contributed by atoms with E-state index < -0.39 is 5.41 Å². The first-order valence-electron chi connectivity index (χ1n) is 10.9. The fourth-order valence-electron chi connectivity index (χ4n) is 4.40. The lowest BCUT2D eigenvalue weighted by Gasteiger charge is -2.26. The fourth-order valence-corrected chi connectivity index (χ4v) is 4.40. The van der Waals surface area contributed by atoms with Crippen molar-refractivity contribution in [2.75, 3.05) is 13.1 Å². The van der Waals surface area contributed by atoms with Gasteiger partial charge >= 0.3 is 0 Å². The summed E-state index contributed by atoms with van der Waals surface area (Å²) in [7, 11) is 0. The molecule has 1 aromatic carbocycles. The van der Waals surface area contributed by atoms with Crippen molar-refractivity contribution >= 4 is 16.8 Å². The van der Waals surface area contributed by atoms with Crippen LogP contribution in [0.3, 0.4) is 0 Å². The molecule has 1 fully saturated rings. The van der Waals surface area contributed by atoms with Crippen molar-refractivity contribution in [1.82, 2.24) is 20.6 Å². The number of nitrogens with one attached hydrogen (secondary N) is 3. The molecular weight excluding hydrogens is 372 g/mol. The molecule has 5 heteroatoms. The third kappa shape index (κ3) is 3.74. The first-order chi connectivity index (χ1) is 14.3.